The van der Waals surface area contributed by atoms with Crippen LogP contribution in [0.15, 0.2) is 30.3 Å². The van der Waals surface area contributed by atoms with Crippen molar-refractivity contribution in [2.75, 3.05) is 18.0 Å². The molecule has 0 bridgehead atoms. The number of piperidine rings is 1. The van der Waals surface area contributed by atoms with Gasteiger partial charge in [0, 0.05) is 18.8 Å². The van der Waals surface area contributed by atoms with Gasteiger partial charge in [-0.25, -0.2) is 0 Å². The molecule has 1 saturated heterocycles. The lowest BCUT2D eigenvalue weighted by atomic mass is 9.97. The van der Waals surface area contributed by atoms with Crippen LogP contribution in [0.25, 0.3) is 0 Å². The van der Waals surface area contributed by atoms with E-state index in [4.69, 9.17) is 11.9 Å². The van der Waals surface area contributed by atoms with Crippen LogP contribution in [0.1, 0.15) is 12.8 Å². The lowest BCUT2D eigenvalue weighted by Gasteiger charge is -2.32. The number of hydrogen-bond acceptors (Lipinski definition) is 3. The third kappa shape index (κ3) is 2.47. The number of benzene rings is 1. The summed E-state index contributed by atoms with van der Waals surface area (Å²) in [7, 11) is 0. The van der Waals surface area contributed by atoms with E-state index >= 15 is 0 Å². The van der Waals surface area contributed by atoms with Gasteiger partial charge in [0.25, 0.3) is 0 Å². The monoisotopic (exact) mass is 239 g/mol. The normalized spacial score (nSPS) is 17.2. The van der Waals surface area contributed by atoms with Crippen LogP contribution in [0.2, 0.25) is 0 Å². The van der Waals surface area contributed by atoms with Gasteiger partial charge in [-0.1, -0.05) is 18.2 Å². The molecule has 16 heavy (non-hydrogen) atoms. The average Bonchev–Trinajstić information content (AvgIpc) is 2.39. The minimum atomic E-state index is -0.297. The zero-order valence-corrected chi connectivity index (χ0v) is 9.69. The van der Waals surface area contributed by atoms with Crippen LogP contribution in [0.4, 0.5) is 5.69 Å². The molecule has 0 aliphatic carbocycles. The van der Waals surface area contributed by atoms with E-state index in [1.807, 2.05) is 18.2 Å². The molecule has 1 aromatic rings. The van der Waals surface area contributed by atoms with Gasteiger partial charge in [0.2, 0.25) is 0 Å². The minimum absolute atomic E-state index is 0.0440. The summed E-state index contributed by atoms with van der Waals surface area (Å²) in [6.07, 6.45) is 1.61. The second kappa shape index (κ2) is 5.21. The molecule has 0 atom stereocenters. The van der Waals surface area contributed by atoms with Crippen LogP contribution in [0, 0.1) is 5.92 Å². The Hall–Kier alpha value is -1.22. The molecule has 86 valence electrons. The Labute approximate surface area is 100 Å². The average molecular weight is 240 g/mol. The standard InChI is InChI=1S/C12H14ClNO2/c13-16-12(15)10-6-8-14(9-7-10)11-4-2-1-3-5-11/h1-5,10H,6-9H2. The van der Waals surface area contributed by atoms with Gasteiger partial charge in [-0.2, -0.15) is 0 Å². The van der Waals surface area contributed by atoms with E-state index in [0.29, 0.717) is 0 Å². The predicted molar refractivity (Wildman–Crippen MR) is 63.3 cm³/mol. The number of carbonyl (C=O) groups is 1. The molecule has 4 heteroatoms. The highest BCUT2D eigenvalue weighted by molar-refractivity contribution is 6.13. The van der Waals surface area contributed by atoms with E-state index in [1.54, 1.807) is 0 Å². The Bertz CT molecular complexity index is 347. The Morgan fingerprint density at radius 1 is 1.25 bits per heavy atom. The number of carbonyl (C=O) groups excluding carboxylic acids is 1. The predicted octanol–water partition coefficient (Wildman–Crippen LogP) is 2.60. The first-order valence-corrected chi connectivity index (χ1v) is 5.74. The molecule has 0 N–H and O–H groups in total. The summed E-state index contributed by atoms with van der Waals surface area (Å²) in [5, 5.41) is 0. The molecule has 0 saturated carbocycles. The van der Waals surface area contributed by atoms with E-state index in [-0.39, 0.29) is 11.9 Å². The fourth-order valence-electron chi connectivity index (χ4n) is 2.08. The van der Waals surface area contributed by atoms with Crippen molar-refractivity contribution in [2.45, 2.75) is 12.8 Å². The first-order valence-electron chi connectivity index (χ1n) is 5.43. The van der Waals surface area contributed by atoms with Crippen molar-refractivity contribution in [3.63, 3.8) is 0 Å². The number of halogens is 1. The quantitative estimate of drug-likeness (QED) is 0.795. The first kappa shape index (κ1) is 11.3. The maximum Gasteiger partial charge on any atom is 0.327 e. The van der Waals surface area contributed by atoms with Crippen molar-refractivity contribution >= 4 is 23.5 Å². The van der Waals surface area contributed by atoms with Gasteiger partial charge in [0.05, 0.1) is 5.92 Å². The fraction of sp³-hybridized carbons (Fsp3) is 0.417. The van der Waals surface area contributed by atoms with Gasteiger partial charge in [-0.05, 0) is 25.0 Å². The van der Waals surface area contributed by atoms with Crippen molar-refractivity contribution < 1.29 is 9.08 Å². The largest absolute Gasteiger partial charge is 0.371 e. The van der Waals surface area contributed by atoms with Gasteiger partial charge in [0.1, 0.15) is 11.9 Å². The van der Waals surface area contributed by atoms with Crippen LogP contribution in [-0.4, -0.2) is 19.1 Å². The number of anilines is 1. The van der Waals surface area contributed by atoms with Gasteiger partial charge in [-0.15, -0.1) is 0 Å². The lowest BCUT2D eigenvalue weighted by Crippen LogP contribution is -2.36. The SMILES string of the molecule is O=C(OCl)C1CCN(c2ccccc2)CC1. The molecule has 1 aliphatic rings. The number of rotatable bonds is 2. The van der Waals surface area contributed by atoms with E-state index in [2.05, 4.69) is 21.3 Å². The van der Waals surface area contributed by atoms with E-state index in [9.17, 15) is 4.79 Å². The Kier molecular flexibility index (Phi) is 3.67. The fourth-order valence-corrected chi connectivity index (χ4v) is 2.20. The molecule has 2 rings (SSSR count). The Morgan fingerprint density at radius 2 is 1.88 bits per heavy atom. The van der Waals surface area contributed by atoms with Crippen molar-refractivity contribution in [3.05, 3.63) is 30.3 Å². The zero-order chi connectivity index (χ0) is 11.4. The summed E-state index contributed by atoms with van der Waals surface area (Å²) in [5.74, 6) is -0.341. The Morgan fingerprint density at radius 3 is 2.44 bits per heavy atom. The van der Waals surface area contributed by atoms with E-state index in [1.165, 1.54) is 5.69 Å². The van der Waals surface area contributed by atoms with E-state index < -0.39 is 0 Å². The van der Waals surface area contributed by atoms with Crippen molar-refractivity contribution in [3.8, 4) is 0 Å². The third-order valence-electron chi connectivity index (χ3n) is 3.03. The third-order valence-corrected chi connectivity index (χ3v) is 3.18. The van der Waals surface area contributed by atoms with Crippen molar-refractivity contribution in [1.29, 1.82) is 0 Å². The maximum atomic E-state index is 11.2. The van der Waals surface area contributed by atoms with Gasteiger partial charge < -0.3 is 9.19 Å². The van der Waals surface area contributed by atoms with Crippen LogP contribution in [0.5, 0.6) is 0 Å². The number of hydrogen-bond donors (Lipinski definition) is 0. The van der Waals surface area contributed by atoms with Crippen LogP contribution >= 0.6 is 11.9 Å². The summed E-state index contributed by atoms with van der Waals surface area (Å²) in [6, 6.07) is 10.2. The van der Waals surface area contributed by atoms with Gasteiger partial charge in [0.15, 0.2) is 0 Å². The highest BCUT2D eigenvalue weighted by Gasteiger charge is 2.26. The topological polar surface area (TPSA) is 29.5 Å². The van der Waals surface area contributed by atoms with Crippen molar-refractivity contribution in [1.82, 2.24) is 0 Å². The highest BCUT2D eigenvalue weighted by atomic mass is 35.5. The second-order valence-electron chi connectivity index (χ2n) is 3.99. The maximum absolute atomic E-state index is 11.2. The minimum Gasteiger partial charge on any atom is -0.371 e. The molecular formula is C12H14ClNO2. The lowest BCUT2D eigenvalue weighted by molar-refractivity contribution is -0.139. The number of para-hydroxylation sites is 1. The summed E-state index contributed by atoms with van der Waals surface area (Å²) in [5.41, 5.74) is 1.21. The summed E-state index contributed by atoms with van der Waals surface area (Å²) in [6.45, 7) is 1.75. The summed E-state index contributed by atoms with van der Waals surface area (Å²) >= 11 is 5.08. The molecule has 0 radical (unpaired) electrons. The van der Waals surface area contributed by atoms with Crippen LogP contribution in [0.3, 0.4) is 0 Å². The zero-order valence-electron chi connectivity index (χ0n) is 8.93. The van der Waals surface area contributed by atoms with Gasteiger partial charge in [-0.3, -0.25) is 4.79 Å². The molecule has 3 nitrogen and oxygen atoms in total. The van der Waals surface area contributed by atoms with E-state index in [0.717, 1.165) is 25.9 Å². The smallest absolute Gasteiger partial charge is 0.327 e. The first-order chi connectivity index (χ1) is 7.81. The second-order valence-corrected chi connectivity index (χ2v) is 4.15. The molecule has 1 aliphatic heterocycles. The highest BCUT2D eigenvalue weighted by Crippen LogP contribution is 2.23. The van der Waals surface area contributed by atoms with Crippen molar-refractivity contribution in [2.24, 2.45) is 5.92 Å². The molecule has 0 spiro atoms. The molecule has 0 unspecified atom stereocenters. The molecule has 1 heterocycles. The Balaban J connectivity index is 1.93. The van der Waals surface area contributed by atoms with Gasteiger partial charge >= 0.3 is 5.97 Å². The van der Waals surface area contributed by atoms with Crippen LogP contribution in [-0.2, 0) is 9.08 Å². The molecule has 1 fully saturated rings. The summed E-state index contributed by atoms with van der Waals surface area (Å²) < 4.78 is 4.25. The molecular weight excluding hydrogens is 226 g/mol. The molecule has 0 aromatic heterocycles. The van der Waals surface area contributed by atoms with Crippen LogP contribution < -0.4 is 4.90 Å². The molecule has 1 aromatic carbocycles. The number of nitrogens with zero attached hydrogens (tertiary/aromatic N) is 1. The molecule has 0 amide bonds. The summed E-state index contributed by atoms with van der Waals surface area (Å²) in [4.78, 5) is 13.5.